The van der Waals surface area contributed by atoms with Gasteiger partial charge in [-0.25, -0.2) is 9.78 Å². The van der Waals surface area contributed by atoms with E-state index in [1.807, 2.05) is 42.5 Å². The van der Waals surface area contributed by atoms with Gasteiger partial charge in [0.2, 0.25) is 11.6 Å². The number of pyridine rings is 1. The van der Waals surface area contributed by atoms with E-state index in [0.717, 1.165) is 5.82 Å². The third-order valence-corrected chi connectivity index (χ3v) is 3.33. The van der Waals surface area contributed by atoms with E-state index >= 15 is 0 Å². The smallest absolute Gasteiger partial charge is 0.414 e. The van der Waals surface area contributed by atoms with E-state index in [-0.39, 0.29) is 18.5 Å². The van der Waals surface area contributed by atoms with Crippen molar-refractivity contribution in [3.05, 3.63) is 48.0 Å². The number of aromatic amines is 1. The van der Waals surface area contributed by atoms with Crippen LogP contribution < -0.4 is 33.3 Å². The third-order valence-electron chi connectivity index (χ3n) is 3.33. The molecule has 0 atom stereocenters. The lowest BCUT2D eigenvalue weighted by Crippen LogP contribution is -3.00. The lowest BCUT2D eigenvalue weighted by molar-refractivity contribution is -0.342. The molecule has 2 heterocycles. The van der Waals surface area contributed by atoms with E-state index < -0.39 is 0 Å². The summed E-state index contributed by atoms with van der Waals surface area (Å²) >= 11 is 0. The molecule has 2 aromatic rings. The number of carbonyl (C=O) groups excluding carboxylic acids is 1. The van der Waals surface area contributed by atoms with Gasteiger partial charge in [-0.3, -0.25) is 4.90 Å². The number of cyclic esters (lactones) is 1. The van der Waals surface area contributed by atoms with Crippen molar-refractivity contribution in [2.45, 2.75) is 6.54 Å². The fourth-order valence-electron chi connectivity index (χ4n) is 2.25. The van der Waals surface area contributed by atoms with Crippen LogP contribution in [-0.4, -0.2) is 19.2 Å². The number of hydrogen-bond acceptors (Lipinski definition) is 4. The van der Waals surface area contributed by atoms with Crippen molar-refractivity contribution in [1.29, 1.82) is 0 Å². The Balaban J connectivity index is 0.00000176. The average Bonchev–Trinajstić information content (AvgIpc) is 2.92. The van der Waals surface area contributed by atoms with Crippen LogP contribution in [0.25, 0.3) is 0 Å². The number of halogens is 1. The number of amides is 1. The van der Waals surface area contributed by atoms with Crippen LogP contribution in [0.2, 0.25) is 0 Å². The summed E-state index contributed by atoms with van der Waals surface area (Å²) in [6, 6.07) is 13.7. The Morgan fingerprint density at radius 3 is 2.64 bits per heavy atom. The number of carbonyl (C=O) groups is 1. The van der Waals surface area contributed by atoms with Crippen LogP contribution in [0.5, 0.6) is 0 Å². The molecule has 0 unspecified atom stereocenters. The van der Waals surface area contributed by atoms with Crippen molar-refractivity contribution in [3.63, 3.8) is 0 Å². The molecule has 116 valence electrons. The first-order valence-electron chi connectivity index (χ1n) is 6.78. The maximum absolute atomic E-state index is 11.5. The second-order valence-electron chi connectivity index (χ2n) is 4.78. The minimum absolute atomic E-state index is 0. The zero-order valence-electron chi connectivity index (χ0n) is 11.9. The van der Waals surface area contributed by atoms with Gasteiger partial charge in [0.15, 0.2) is 0 Å². The molecule has 6 nitrogen and oxygen atoms in total. The number of benzene rings is 1. The normalized spacial score (nSPS) is 13.5. The Morgan fingerprint density at radius 1 is 1.23 bits per heavy atom. The van der Waals surface area contributed by atoms with E-state index in [4.69, 9.17) is 10.5 Å². The predicted molar refractivity (Wildman–Crippen MR) is 79.9 cm³/mol. The minimum Gasteiger partial charge on any atom is -1.00 e. The first-order valence-corrected chi connectivity index (χ1v) is 6.78. The van der Waals surface area contributed by atoms with Crippen LogP contribution in [0.15, 0.2) is 42.5 Å². The monoisotopic (exact) mass is 320 g/mol. The van der Waals surface area contributed by atoms with Gasteiger partial charge in [0.1, 0.15) is 12.3 Å². The van der Waals surface area contributed by atoms with Crippen molar-refractivity contribution in [1.82, 2.24) is 0 Å². The van der Waals surface area contributed by atoms with Gasteiger partial charge in [0.05, 0.1) is 13.1 Å². The van der Waals surface area contributed by atoms with Crippen LogP contribution in [-0.2, 0) is 11.3 Å². The van der Waals surface area contributed by atoms with Gasteiger partial charge in [0.25, 0.3) is 0 Å². The van der Waals surface area contributed by atoms with Gasteiger partial charge >= 0.3 is 6.09 Å². The van der Waals surface area contributed by atoms with E-state index in [0.29, 0.717) is 31.2 Å². The first kappa shape index (κ1) is 15.9. The van der Waals surface area contributed by atoms with Gasteiger partial charge in [-0.2, -0.15) is 0 Å². The largest absolute Gasteiger partial charge is 1.00 e. The summed E-state index contributed by atoms with van der Waals surface area (Å²) in [4.78, 5) is 16.1. The Bertz CT molecular complexity index is 651. The molecule has 1 aliphatic rings. The molecule has 0 saturated carbocycles. The number of nitrogen functional groups attached to an aromatic ring is 1. The lowest BCUT2D eigenvalue weighted by atomic mass is 10.2. The zero-order chi connectivity index (χ0) is 14.7. The van der Waals surface area contributed by atoms with Gasteiger partial charge in [-0.1, -0.05) is 30.3 Å². The van der Waals surface area contributed by atoms with Crippen molar-refractivity contribution in [2.75, 3.05) is 29.1 Å². The standard InChI is InChI=1S/C15H16N4O2.ClH/c16-14-12(19-8-9-21-15(19)20)6-7-13(18-14)17-10-11-4-2-1-3-5-11;/h1-7H,8-10H2,(H3,16,17,18);1H. The number of anilines is 3. The van der Waals surface area contributed by atoms with Gasteiger partial charge in [-0.05, 0) is 11.6 Å². The Morgan fingerprint density at radius 2 is 2.00 bits per heavy atom. The summed E-state index contributed by atoms with van der Waals surface area (Å²) in [6.07, 6.45) is -0.361. The van der Waals surface area contributed by atoms with Crippen LogP contribution >= 0.6 is 0 Å². The molecule has 0 bridgehead atoms. The number of H-pyrrole nitrogens is 1. The molecule has 0 spiro atoms. The molecule has 1 amide bonds. The highest BCUT2D eigenvalue weighted by molar-refractivity contribution is 5.91. The molecule has 1 saturated heterocycles. The Kier molecular flexibility index (Phi) is 5.06. The molecule has 0 radical (unpaired) electrons. The second-order valence-corrected chi connectivity index (χ2v) is 4.78. The molecule has 22 heavy (non-hydrogen) atoms. The first-order chi connectivity index (χ1) is 10.2. The van der Waals surface area contributed by atoms with Crippen LogP contribution in [0.3, 0.4) is 0 Å². The fourth-order valence-corrected chi connectivity index (χ4v) is 2.25. The Hall–Kier alpha value is -2.47. The highest BCUT2D eigenvalue weighted by Gasteiger charge is 2.26. The number of hydrogen-bond donors (Lipinski definition) is 2. The van der Waals surface area contributed by atoms with Crippen LogP contribution in [0.4, 0.5) is 22.1 Å². The van der Waals surface area contributed by atoms with Gasteiger partial charge in [-0.15, -0.1) is 0 Å². The molecule has 1 aromatic carbocycles. The molecule has 7 heteroatoms. The topological polar surface area (TPSA) is 81.7 Å². The maximum atomic E-state index is 11.5. The number of rotatable bonds is 4. The molecule has 1 aliphatic heterocycles. The fraction of sp³-hybridized carbons (Fsp3) is 0.200. The van der Waals surface area contributed by atoms with E-state index in [1.165, 1.54) is 10.5 Å². The average molecular weight is 321 g/mol. The van der Waals surface area contributed by atoms with Crippen molar-refractivity contribution < 1.29 is 26.9 Å². The van der Waals surface area contributed by atoms with E-state index in [9.17, 15) is 4.79 Å². The van der Waals surface area contributed by atoms with Crippen LogP contribution in [0.1, 0.15) is 5.56 Å². The lowest BCUT2D eigenvalue weighted by Gasteiger charge is -2.13. The predicted octanol–water partition coefficient (Wildman–Crippen LogP) is -1.34. The van der Waals surface area contributed by atoms with Crippen molar-refractivity contribution in [3.8, 4) is 0 Å². The van der Waals surface area contributed by atoms with E-state index in [1.54, 1.807) is 0 Å². The van der Waals surface area contributed by atoms with Gasteiger partial charge < -0.3 is 28.2 Å². The molecular formula is C15H17ClN4O2. The molecule has 0 aliphatic carbocycles. The highest BCUT2D eigenvalue weighted by atomic mass is 35.5. The van der Waals surface area contributed by atoms with E-state index in [2.05, 4.69) is 10.3 Å². The summed E-state index contributed by atoms with van der Waals surface area (Å²) in [7, 11) is 0. The SMILES string of the molecule is Nc1[nH+]c(NCc2ccccc2)ccc1N1CCOC1=O.[Cl-]. The summed E-state index contributed by atoms with van der Waals surface area (Å²) in [5, 5.41) is 3.26. The highest BCUT2D eigenvalue weighted by Crippen LogP contribution is 2.23. The quantitative estimate of drug-likeness (QED) is 0.730. The third kappa shape index (κ3) is 3.40. The number of aromatic nitrogens is 1. The van der Waals surface area contributed by atoms with Crippen LogP contribution in [0, 0.1) is 0 Å². The summed E-state index contributed by atoms with van der Waals surface area (Å²) in [5.74, 6) is 1.24. The Labute approximate surface area is 134 Å². The zero-order valence-corrected chi connectivity index (χ0v) is 12.6. The molecule has 3 rings (SSSR count). The summed E-state index contributed by atoms with van der Waals surface area (Å²) in [5.41, 5.74) is 7.81. The molecule has 4 N–H and O–H groups in total. The number of ether oxygens (including phenoxy) is 1. The number of nitrogens with two attached hydrogens (primary N) is 1. The minimum atomic E-state index is -0.361. The number of nitrogens with one attached hydrogen (secondary N) is 2. The van der Waals surface area contributed by atoms with Crippen molar-refractivity contribution in [2.24, 2.45) is 0 Å². The molecular weight excluding hydrogens is 304 g/mol. The molecule has 1 aromatic heterocycles. The number of nitrogens with zero attached hydrogens (tertiary/aromatic N) is 1. The molecule has 1 fully saturated rings. The maximum Gasteiger partial charge on any atom is 0.414 e. The second kappa shape index (κ2) is 7.00. The summed E-state index contributed by atoms with van der Waals surface area (Å²) in [6.45, 7) is 1.61. The van der Waals surface area contributed by atoms with Crippen molar-refractivity contribution >= 4 is 23.4 Å². The summed E-state index contributed by atoms with van der Waals surface area (Å²) < 4.78 is 4.91. The van der Waals surface area contributed by atoms with Gasteiger partial charge in [0, 0.05) is 6.07 Å².